The number of carbonyl (C=O) groups is 1. The van der Waals surface area contributed by atoms with E-state index in [2.05, 4.69) is 4.98 Å². The molecule has 0 aromatic carbocycles. The van der Waals surface area contributed by atoms with Crippen molar-refractivity contribution in [3.05, 3.63) is 27.3 Å². The standard InChI is InChI=1S/C7H6FIN2O/c8-6-2-5(9)4(3-11-6)1-7(10)12/h2-3H,1H2,(H2,10,12). The fourth-order valence-corrected chi connectivity index (χ4v) is 1.34. The number of amides is 1. The topological polar surface area (TPSA) is 56.0 Å². The van der Waals surface area contributed by atoms with E-state index in [9.17, 15) is 9.18 Å². The number of nitrogens with two attached hydrogens (primary N) is 1. The normalized spacial score (nSPS) is 9.83. The summed E-state index contributed by atoms with van der Waals surface area (Å²) in [5, 5.41) is 0. The number of carbonyl (C=O) groups excluding carboxylic acids is 1. The van der Waals surface area contributed by atoms with Crippen molar-refractivity contribution in [2.24, 2.45) is 5.73 Å². The maximum Gasteiger partial charge on any atom is 0.221 e. The summed E-state index contributed by atoms with van der Waals surface area (Å²) in [4.78, 5) is 13.9. The second kappa shape index (κ2) is 3.79. The molecule has 1 aromatic heterocycles. The molecule has 2 N–H and O–H groups in total. The average Bonchev–Trinajstić information content (AvgIpc) is 1.94. The third-order valence-corrected chi connectivity index (χ3v) is 2.27. The maximum atomic E-state index is 12.5. The Balaban J connectivity index is 2.93. The van der Waals surface area contributed by atoms with Gasteiger partial charge in [0, 0.05) is 15.8 Å². The van der Waals surface area contributed by atoms with E-state index in [1.54, 1.807) is 0 Å². The quantitative estimate of drug-likeness (QED) is 0.645. The molecule has 0 bridgehead atoms. The minimum Gasteiger partial charge on any atom is -0.369 e. The molecular weight excluding hydrogens is 274 g/mol. The fraction of sp³-hybridized carbons (Fsp3) is 0.143. The summed E-state index contributed by atoms with van der Waals surface area (Å²) in [6.07, 6.45) is 1.42. The van der Waals surface area contributed by atoms with Crippen LogP contribution in [0.2, 0.25) is 0 Å². The summed E-state index contributed by atoms with van der Waals surface area (Å²) in [6, 6.07) is 1.26. The molecule has 1 amide bonds. The molecule has 5 heteroatoms. The monoisotopic (exact) mass is 280 g/mol. The van der Waals surface area contributed by atoms with Gasteiger partial charge in [-0.05, 0) is 28.2 Å². The van der Waals surface area contributed by atoms with Gasteiger partial charge in [-0.25, -0.2) is 4.98 Å². The summed E-state index contributed by atoms with van der Waals surface area (Å²) in [7, 11) is 0. The van der Waals surface area contributed by atoms with Crippen LogP contribution in [0.4, 0.5) is 4.39 Å². The van der Waals surface area contributed by atoms with Crippen LogP contribution >= 0.6 is 22.6 Å². The van der Waals surface area contributed by atoms with Crippen LogP contribution in [-0.4, -0.2) is 10.9 Å². The Morgan fingerprint density at radius 1 is 1.75 bits per heavy atom. The first kappa shape index (κ1) is 9.37. The van der Waals surface area contributed by atoms with Gasteiger partial charge in [-0.3, -0.25) is 4.79 Å². The Kier molecular flexibility index (Phi) is 2.96. The van der Waals surface area contributed by atoms with Crippen molar-refractivity contribution in [1.29, 1.82) is 0 Å². The molecule has 64 valence electrons. The third kappa shape index (κ3) is 2.40. The highest BCUT2D eigenvalue weighted by atomic mass is 127. The van der Waals surface area contributed by atoms with Crippen molar-refractivity contribution in [2.75, 3.05) is 0 Å². The highest BCUT2D eigenvalue weighted by molar-refractivity contribution is 14.1. The zero-order valence-electron chi connectivity index (χ0n) is 6.05. The number of hydrogen-bond donors (Lipinski definition) is 1. The zero-order valence-corrected chi connectivity index (χ0v) is 8.21. The summed E-state index contributed by atoms with van der Waals surface area (Å²) in [5.74, 6) is -0.992. The van der Waals surface area contributed by atoms with Gasteiger partial charge in [0.15, 0.2) is 0 Å². The number of aromatic nitrogens is 1. The van der Waals surface area contributed by atoms with Crippen LogP contribution in [0.1, 0.15) is 5.56 Å². The van der Waals surface area contributed by atoms with Gasteiger partial charge < -0.3 is 5.73 Å². The Bertz CT molecular complexity index is 316. The lowest BCUT2D eigenvalue weighted by atomic mass is 10.2. The van der Waals surface area contributed by atoms with Crippen molar-refractivity contribution in [1.82, 2.24) is 4.98 Å². The predicted octanol–water partition coefficient (Wildman–Crippen LogP) is 0.853. The predicted molar refractivity (Wildman–Crippen MR) is 49.8 cm³/mol. The van der Waals surface area contributed by atoms with Crippen LogP contribution < -0.4 is 5.73 Å². The highest BCUT2D eigenvalue weighted by Crippen LogP contribution is 2.11. The molecule has 0 aliphatic heterocycles. The minimum absolute atomic E-state index is 0.103. The van der Waals surface area contributed by atoms with E-state index in [-0.39, 0.29) is 6.42 Å². The van der Waals surface area contributed by atoms with Gasteiger partial charge >= 0.3 is 0 Å². The van der Waals surface area contributed by atoms with Gasteiger partial charge in [0.25, 0.3) is 0 Å². The van der Waals surface area contributed by atoms with Crippen molar-refractivity contribution >= 4 is 28.5 Å². The molecule has 0 radical (unpaired) electrons. The molecule has 0 saturated carbocycles. The van der Waals surface area contributed by atoms with Gasteiger partial charge in [-0.1, -0.05) is 0 Å². The van der Waals surface area contributed by atoms with E-state index in [0.29, 0.717) is 9.13 Å². The van der Waals surface area contributed by atoms with E-state index >= 15 is 0 Å². The maximum absolute atomic E-state index is 12.5. The first-order valence-corrected chi connectivity index (χ1v) is 4.25. The number of nitrogens with zero attached hydrogens (tertiary/aromatic N) is 1. The van der Waals surface area contributed by atoms with E-state index in [4.69, 9.17) is 5.73 Å². The Morgan fingerprint density at radius 2 is 2.42 bits per heavy atom. The Labute approximate surface area is 82.3 Å². The SMILES string of the molecule is NC(=O)Cc1cnc(F)cc1I. The molecule has 0 spiro atoms. The molecule has 0 saturated heterocycles. The lowest BCUT2D eigenvalue weighted by Crippen LogP contribution is -2.14. The van der Waals surface area contributed by atoms with Crippen LogP contribution in [0.15, 0.2) is 12.3 Å². The molecule has 0 unspecified atom stereocenters. The third-order valence-electron chi connectivity index (χ3n) is 1.26. The number of primary amides is 1. The number of rotatable bonds is 2. The largest absolute Gasteiger partial charge is 0.369 e. The smallest absolute Gasteiger partial charge is 0.221 e. The molecule has 12 heavy (non-hydrogen) atoms. The van der Waals surface area contributed by atoms with E-state index in [0.717, 1.165) is 0 Å². The van der Waals surface area contributed by atoms with Gasteiger partial charge in [0.05, 0.1) is 6.42 Å². The van der Waals surface area contributed by atoms with E-state index in [1.807, 2.05) is 22.6 Å². The average molecular weight is 280 g/mol. The van der Waals surface area contributed by atoms with Crippen LogP contribution in [0.25, 0.3) is 0 Å². The van der Waals surface area contributed by atoms with Crippen molar-refractivity contribution in [3.63, 3.8) is 0 Å². The number of pyridine rings is 1. The summed E-state index contributed by atoms with van der Waals surface area (Å²) in [5.41, 5.74) is 5.62. The zero-order chi connectivity index (χ0) is 9.14. The summed E-state index contributed by atoms with van der Waals surface area (Å²) < 4.78 is 13.1. The van der Waals surface area contributed by atoms with Crippen molar-refractivity contribution < 1.29 is 9.18 Å². The van der Waals surface area contributed by atoms with Gasteiger partial charge in [0.2, 0.25) is 11.9 Å². The summed E-state index contributed by atoms with van der Waals surface area (Å²) >= 11 is 1.93. The van der Waals surface area contributed by atoms with Gasteiger partial charge in [0.1, 0.15) is 0 Å². The number of halogens is 2. The highest BCUT2D eigenvalue weighted by Gasteiger charge is 2.04. The van der Waals surface area contributed by atoms with Gasteiger partial charge in [-0.2, -0.15) is 4.39 Å². The van der Waals surface area contributed by atoms with E-state index < -0.39 is 11.9 Å². The molecule has 1 aromatic rings. The second-order valence-corrected chi connectivity index (χ2v) is 3.40. The van der Waals surface area contributed by atoms with Crippen LogP contribution in [0.3, 0.4) is 0 Å². The Hall–Kier alpha value is -0.720. The molecule has 1 rings (SSSR count). The van der Waals surface area contributed by atoms with Crippen LogP contribution in [-0.2, 0) is 11.2 Å². The second-order valence-electron chi connectivity index (χ2n) is 2.24. The molecule has 0 fully saturated rings. The van der Waals surface area contributed by atoms with Crippen LogP contribution in [0, 0.1) is 9.52 Å². The molecule has 0 atom stereocenters. The first-order chi connectivity index (χ1) is 5.59. The van der Waals surface area contributed by atoms with Gasteiger partial charge in [-0.15, -0.1) is 0 Å². The van der Waals surface area contributed by atoms with Crippen molar-refractivity contribution in [3.8, 4) is 0 Å². The fourth-order valence-electron chi connectivity index (χ4n) is 0.754. The molecule has 1 heterocycles. The lowest BCUT2D eigenvalue weighted by Gasteiger charge is -1.99. The van der Waals surface area contributed by atoms with E-state index in [1.165, 1.54) is 12.3 Å². The molecule has 0 aliphatic rings. The number of hydrogen-bond acceptors (Lipinski definition) is 2. The summed E-state index contributed by atoms with van der Waals surface area (Å²) in [6.45, 7) is 0. The minimum atomic E-state index is -0.548. The lowest BCUT2D eigenvalue weighted by molar-refractivity contribution is -0.117. The molecular formula is C7H6FIN2O. The van der Waals surface area contributed by atoms with Crippen molar-refractivity contribution in [2.45, 2.75) is 6.42 Å². The van der Waals surface area contributed by atoms with Crippen LogP contribution in [0.5, 0.6) is 0 Å². The molecule has 3 nitrogen and oxygen atoms in total. The molecule has 0 aliphatic carbocycles. The Morgan fingerprint density at radius 3 is 2.92 bits per heavy atom. The first-order valence-electron chi connectivity index (χ1n) is 3.18.